The van der Waals surface area contributed by atoms with E-state index in [0.717, 1.165) is 23.5 Å². The summed E-state index contributed by atoms with van der Waals surface area (Å²) in [5.74, 6) is -1.90. The maximum Gasteiger partial charge on any atom is 0.433 e. The number of fused-ring (bicyclic) bond motifs is 1. The predicted molar refractivity (Wildman–Crippen MR) is 106 cm³/mol. The third-order valence-electron chi connectivity index (χ3n) is 4.25. The number of thiophene rings is 1. The number of hydrogen-bond donors (Lipinski definition) is 1. The van der Waals surface area contributed by atoms with Crippen LogP contribution in [0.1, 0.15) is 61.3 Å². The summed E-state index contributed by atoms with van der Waals surface area (Å²) in [5, 5.41) is 6.24. The second-order valence-electron chi connectivity index (χ2n) is 6.57. The van der Waals surface area contributed by atoms with E-state index in [-0.39, 0.29) is 44.9 Å². The highest BCUT2D eigenvalue weighted by atomic mass is 32.1. The smallest absolute Gasteiger partial charge is 0.433 e. The average molecular weight is 454 g/mol. The maximum absolute atomic E-state index is 13.3. The number of alkyl halides is 3. The van der Waals surface area contributed by atoms with Crippen molar-refractivity contribution in [2.45, 2.75) is 33.9 Å². The van der Waals surface area contributed by atoms with Crippen LogP contribution in [0.15, 0.2) is 12.1 Å². The van der Waals surface area contributed by atoms with E-state index in [2.05, 4.69) is 15.4 Å². The Morgan fingerprint density at radius 2 is 1.90 bits per heavy atom. The lowest BCUT2D eigenvalue weighted by molar-refractivity contribution is -0.142. The van der Waals surface area contributed by atoms with Gasteiger partial charge < -0.3 is 10.1 Å². The first-order valence-electron chi connectivity index (χ1n) is 9.01. The van der Waals surface area contributed by atoms with E-state index < -0.39 is 23.7 Å². The molecule has 164 valence electrons. The van der Waals surface area contributed by atoms with E-state index in [9.17, 15) is 27.6 Å². The second kappa shape index (κ2) is 8.10. The molecule has 3 aromatic heterocycles. The van der Waals surface area contributed by atoms with Crippen LogP contribution in [0.4, 0.5) is 18.2 Å². The van der Waals surface area contributed by atoms with Crippen molar-refractivity contribution >= 4 is 39.6 Å². The normalized spacial score (nSPS) is 11.6. The molecular formula is C19H17F3N4O4S. The molecule has 0 spiro atoms. The van der Waals surface area contributed by atoms with Gasteiger partial charge in [0.15, 0.2) is 17.1 Å². The Kier molecular flexibility index (Phi) is 5.85. The molecule has 1 N–H and O–H groups in total. The average Bonchev–Trinajstić information content (AvgIpc) is 3.21. The second-order valence-corrected chi connectivity index (χ2v) is 7.59. The zero-order valence-corrected chi connectivity index (χ0v) is 17.7. The first-order valence-corrected chi connectivity index (χ1v) is 9.83. The third kappa shape index (κ3) is 4.29. The zero-order chi connectivity index (χ0) is 23.1. The van der Waals surface area contributed by atoms with Gasteiger partial charge in [-0.3, -0.25) is 9.59 Å². The number of aromatic nitrogens is 3. The molecule has 0 saturated heterocycles. The minimum absolute atomic E-state index is 0.0131. The molecule has 0 fully saturated rings. The summed E-state index contributed by atoms with van der Waals surface area (Å²) in [7, 11) is 0. The van der Waals surface area contributed by atoms with Crippen LogP contribution < -0.4 is 5.32 Å². The fraction of sp³-hybridized carbons (Fsp3) is 0.316. The lowest BCUT2D eigenvalue weighted by atomic mass is 10.1. The quantitative estimate of drug-likeness (QED) is 0.461. The van der Waals surface area contributed by atoms with Crippen molar-refractivity contribution < 1.29 is 32.3 Å². The van der Waals surface area contributed by atoms with Gasteiger partial charge in [-0.05, 0) is 39.3 Å². The number of carbonyl (C=O) groups excluding carboxylic acids is 3. The molecule has 3 rings (SSSR count). The number of hydrogen-bond acceptors (Lipinski definition) is 7. The third-order valence-corrected chi connectivity index (χ3v) is 5.56. The van der Waals surface area contributed by atoms with E-state index >= 15 is 0 Å². The summed E-state index contributed by atoms with van der Waals surface area (Å²) in [6.45, 7) is 5.93. The SMILES string of the molecule is CCOC(=O)c1c(NC(=O)c2cc3nc(C)cc(C(F)(F)F)n3n2)sc(C(C)=O)c1C. The number of nitrogens with one attached hydrogen (secondary N) is 1. The number of nitrogens with zero attached hydrogens (tertiary/aromatic N) is 3. The Balaban J connectivity index is 2.04. The fourth-order valence-corrected chi connectivity index (χ4v) is 4.05. The van der Waals surface area contributed by atoms with Crippen molar-refractivity contribution in [2.75, 3.05) is 11.9 Å². The zero-order valence-electron chi connectivity index (χ0n) is 16.9. The van der Waals surface area contributed by atoms with Gasteiger partial charge in [0.1, 0.15) is 10.7 Å². The highest BCUT2D eigenvalue weighted by Crippen LogP contribution is 2.35. The van der Waals surface area contributed by atoms with Crippen molar-refractivity contribution in [1.82, 2.24) is 14.6 Å². The molecule has 12 heteroatoms. The molecule has 0 aromatic carbocycles. The summed E-state index contributed by atoms with van der Waals surface area (Å²) in [6, 6.07) is 1.93. The summed E-state index contributed by atoms with van der Waals surface area (Å²) < 4.78 is 45.5. The number of ether oxygens (including phenoxy) is 1. The van der Waals surface area contributed by atoms with Gasteiger partial charge in [-0.2, -0.15) is 18.3 Å². The number of anilines is 1. The number of carbonyl (C=O) groups is 3. The van der Waals surface area contributed by atoms with Gasteiger partial charge in [0.25, 0.3) is 5.91 Å². The molecule has 0 aliphatic heterocycles. The van der Waals surface area contributed by atoms with Crippen LogP contribution in [0.5, 0.6) is 0 Å². The highest BCUT2D eigenvalue weighted by molar-refractivity contribution is 7.18. The number of halogens is 3. The van der Waals surface area contributed by atoms with Gasteiger partial charge in [0.05, 0.1) is 17.0 Å². The molecule has 0 bridgehead atoms. The summed E-state index contributed by atoms with van der Waals surface area (Å²) >= 11 is 0.876. The topological polar surface area (TPSA) is 103 Å². The van der Waals surface area contributed by atoms with Crippen LogP contribution in [0.25, 0.3) is 5.65 Å². The lowest BCUT2D eigenvalue weighted by Gasteiger charge is -2.09. The lowest BCUT2D eigenvalue weighted by Crippen LogP contribution is -2.17. The van der Waals surface area contributed by atoms with Crippen LogP contribution in [-0.2, 0) is 10.9 Å². The first kappa shape index (κ1) is 22.4. The molecule has 8 nitrogen and oxygen atoms in total. The molecule has 0 aliphatic carbocycles. The van der Waals surface area contributed by atoms with Crippen molar-refractivity contribution in [3.8, 4) is 0 Å². The van der Waals surface area contributed by atoms with Crippen LogP contribution in [0.2, 0.25) is 0 Å². The van der Waals surface area contributed by atoms with E-state index in [1.165, 1.54) is 13.8 Å². The number of amides is 1. The van der Waals surface area contributed by atoms with Crippen LogP contribution in [0, 0.1) is 13.8 Å². The summed E-state index contributed by atoms with van der Waals surface area (Å²) in [4.78, 5) is 41.2. The summed E-state index contributed by atoms with van der Waals surface area (Å²) in [6.07, 6.45) is -4.70. The van der Waals surface area contributed by atoms with Crippen molar-refractivity contribution in [2.24, 2.45) is 0 Å². The maximum atomic E-state index is 13.3. The summed E-state index contributed by atoms with van der Waals surface area (Å²) in [5.41, 5.74) is -1.11. The molecule has 3 heterocycles. The molecule has 1 amide bonds. The Morgan fingerprint density at radius 3 is 2.48 bits per heavy atom. The van der Waals surface area contributed by atoms with Crippen LogP contribution in [0.3, 0.4) is 0 Å². The van der Waals surface area contributed by atoms with E-state index in [4.69, 9.17) is 4.74 Å². The number of ketones is 1. The standard InChI is InChI=1S/C19H17F3N4O4S/c1-5-30-18(29)14-9(3)15(10(4)27)31-17(14)24-16(28)11-7-13-23-8(2)6-12(19(20,21)22)26(13)25-11/h6-7H,5H2,1-4H3,(H,24,28). The largest absolute Gasteiger partial charge is 0.462 e. The van der Waals surface area contributed by atoms with Crippen molar-refractivity contribution in [1.29, 1.82) is 0 Å². The van der Waals surface area contributed by atoms with Crippen LogP contribution >= 0.6 is 11.3 Å². The van der Waals surface area contributed by atoms with Gasteiger partial charge in [-0.1, -0.05) is 0 Å². The number of esters is 1. The molecule has 31 heavy (non-hydrogen) atoms. The molecule has 0 atom stereocenters. The van der Waals surface area contributed by atoms with E-state index in [1.807, 2.05) is 0 Å². The number of aryl methyl sites for hydroxylation is 1. The Morgan fingerprint density at radius 1 is 1.23 bits per heavy atom. The number of rotatable bonds is 5. The van der Waals surface area contributed by atoms with E-state index in [1.54, 1.807) is 13.8 Å². The van der Waals surface area contributed by atoms with Gasteiger partial charge in [-0.25, -0.2) is 14.3 Å². The minimum Gasteiger partial charge on any atom is -0.462 e. The van der Waals surface area contributed by atoms with Crippen LogP contribution in [-0.4, -0.2) is 38.9 Å². The molecule has 3 aromatic rings. The van der Waals surface area contributed by atoms with Gasteiger partial charge >= 0.3 is 12.1 Å². The number of Topliss-reactive ketones (excluding diaryl/α,β-unsaturated/α-hetero) is 1. The van der Waals surface area contributed by atoms with Gasteiger partial charge in [0, 0.05) is 11.8 Å². The minimum atomic E-state index is -4.70. The molecule has 0 unspecified atom stereocenters. The predicted octanol–water partition coefficient (Wildman–Crippen LogP) is 4.06. The molecule has 0 aliphatic rings. The van der Waals surface area contributed by atoms with Crippen molar-refractivity contribution in [3.63, 3.8) is 0 Å². The Labute approximate surface area is 178 Å². The molecule has 0 saturated carbocycles. The first-order chi connectivity index (χ1) is 14.4. The van der Waals surface area contributed by atoms with Gasteiger partial charge in [-0.15, -0.1) is 11.3 Å². The van der Waals surface area contributed by atoms with Crippen molar-refractivity contribution in [3.05, 3.63) is 45.2 Å². The van der Waals surface area contributed by atoms with E-state index in [0.29, 0.717) is 10.1 Å². The monoisotopic (exact) mass is 454 g/mol. The fourth-order valence-electron chi connectivity index (χ4n) is 2.97. The molecular weight excluding hydrogens is 437 g/mol. The van der Waals surface area contributed by atoms with Gasteiger partial charge in [0.2, 0.25) is 0 Å². The Bertz CT molecular complexity index is 1210. The Hall–Kier alpha value is -3.28. The molecule has 0 radical (unpaired) electrons. The highest BCUT2D eigenvalue weighted by Gasteiger charge is 2.35.